The van der Waals surface area contributed by atoms with Crippen LogP contribution in [0.3, 0.4) is 0 Å². The number of hydrogen-bond donors (Lipinski definition) is 1. The highest BCUT2D eigenvalue weighted by Gasteiger charge is 2.31. The SMILES string of the molecule is CCNC(=NCC1CCCN(C)C1c1cccs1)N(C)CCOCC1CC1.I. The second-order valence-corrected chi connectivity index (χ2v) is 8.96. The number of piperidine rings is 1. The predicted molar refractivity (Wildman–Crippen MR) is 130 cm³/mol. The van der Waals surface area contributed by atoms with Gasteiger partial charge in [-0.3, -0.25) is 9.89 Å². The number of nitrogens with one attached hydrogen (secondary N) is 1. The number of aliphatic imine (C=N–C) groups is 1. The predicted octanol–water partition coefficient (Wildman–Crippen LogP) is 4.07. The molecule has 5 nitrogen and oxygen atoms in total. The van der Waals surface area contributed by atoms with Crippen LogP contribution in [0.25, 0.3) is 0 Å². The summed E-state index contributed by atoms with van der Waals surface area (Å²) in [6.45, 7) is 7.68. The second-order valence-electron chi connectivity index (χ2n) is 7.98. The minimum Gasteiger partial charge on any atom is -0.379 e. The summed E-state index contributed by atoms with van der Waals surface area (Å²) in [5.74, 6) is 2.41. The summed E-state index contributed by atoms with van der Waals surface area (Å²) < 4.78 is 5.80. The summed E-state index contributed by atoms with van der Waals surface area (Å²) in [6, 6.07) is 4.95. The maximum atomic E-state index is 5.80. The lowest BCUT2D eigenvalue weighted by Crippen LogP contribution is -2.42. The normalized spacial score (nSPS) is 23.3. The first kappa shape index (κ1) is 23.9. The number of nitrogens with zero attached hydrogens (tertiary/aromatic N) is 3. The molecule has 2 heterocycles. The van der Waals surface area contributed by atoms with Crippen molar-refractivity contribution in [3.05, 3.63) is 22.4 Å². The Bertz CT molecular complexity index is 579. The maximum absolute atomic E-state index is 5.80. The van der Waals surface area contributed by atoms with Crippen LogP contribution in [0.15, 0.2) is 22.5 Å². The molecule has 1 aromatic heterocycles. The van der Waals surface area contributed by atoms with Crippen molar-refractivity contribution in [2.45, 2.75) is 38.6 Å². The van der Waals surface area contributed by atoms with Crippen molar-refractivity contribution in [3.8, 4) is 0 Å². The lowest BCUT2D eigenvalue weighted by atomic mass is 9.88. The van der Waals surface area contributed by atoms with E-state index in [2.05, 4.69) is 53.6 Å². The highest BCUT2D eigenvalue weighted by atomic mass is 127. The molecule has 1 aromatic rings. The fraction of sp³-hybridized carbons (Fsp3) is 0.762. The van der Waals surface area contributed by atoms with Gasteiger partial charge >= 0.3 is 0 Å². The molecular weight excluding hydrogens is 483 g/mol. The number of thiophene rings is 1. The van der Waals surface area contributed by atoms with Gasteiger partial charge in [0.15, 0.2) is 5.96 Å². The number of rotatable bonds is 9. The van der Waals surface area contributed by atoms with Gasteiger partial charge in [-0.15, -0.1) is 35.3 Å². The van der Waals surface area contributed by atoms with Crippen molar-refractivity contribution in [1.82, 2.24) is 15.1 Å². The van der Waals surface area contributed by atoms with Crippen LogP contribution < -0.4 is 5.32 Å². The Kier molecular flexibility index (Phi) is 10.5. The third kappa shape index (κ3) is 7.15. The third-order valence-electron chi connectivity index (χ3n) is 5.64. The third-order valence-corrected chi connectivity index (χ3v) is 6.58. The molecular formula is C21H37IN4OS. The van der Waals surface area contributed by atoms with E-state index in [1.807, 2.05) is 11.3 Å². The fourth-order valence-electron chi connectivity index (χ4n) is 3.88. The average Bonchev–Trinajstić information content (AvgIpc) is 3.34. The van der Waals surface area contributed by atoms with Gasteiger partial charge in [-0.2, -0.15) is 0 Å². The molecule has 2 fully saturated rings. The van der Waals surface area contributed by atoms with E-state index >= 15 is 0 Å². The van der Waals surface area contributed by atoms with Gasteiger partial charge < -0.3 is 15.0 Å². The van der Waals surface area contributed by atoms with Crippen LogP contribution in [0, 0.1) is 11.8 Å². The van der Waals surface area contributed by atoms with Gasteiger partial charge in [0.2, 0.25) is 0 Å². The van der Waals surface area contributed by atoms with Crippen LogP contribution in [0.2, 0.25) is 0 Å². The van der Waals surface area contributed by atoms with Crippen LogP contribution in [0.1, 0.15) is 43.5 Å². The average molecular weight is 521 g/mol. The molecule has 1 aliphatic carbocycles. The van der Waals surface area contributed by atoms with Crippen molar-refractivity contribution in [2.75, 3.05) is 53.5 Å². The summed E-state index contributed by atoms with van der Waals surface area (Å²) in [5.41, 5.74) is 0. The maximum Gasteiger partial charge on any atom is 0.193 e. The second kappa shape index (κ2) is 12.3. The summed E-state index contributed by atoms with van der Waals surface area (Å²) in [5, 5.41) is 5.65. The topological polar surface area (TPSA) is 40.1 Å². The molecule has 2 aliphatic rings. The Morgan fingerprint density at radius 3 is 2.89 bits per heavy atom. The lowest BCUT2D eigenvalue weighted by Gasteiger charge is -2.38. The minimum absolute atomic E-state index is 0. The number of guanidine groups is 1. The molecule has 2 atom stereocenters. The van der Waals surface area contributed by atoms with Crippen LogP contribution in [0.4, 0.5) is 0 Å². The van der Waals surface area contributed by atoms with Gasteiger partial charge in [-0.05, 0) is 69.5 Å². The summed E-state index contributed by atoms with van der Waals surface area (Å²) in [4.78, 5) is 11.2. The smallest absolute Gasteiger partial charge is 0.193 e. The van der Waals surface area contributed by atoms with Crippen molar-refractivity contribution in [3.63, 3.8) is 0 Å². The van der Waals surface area contributed by atoms with E-state index in [1.165, 1.54) is 37.1 Å². The van der Waals surface area contributed by atoms with Crippen LogP contribution >= 0.6 is 35.3 Å². The molecule has 0 amide bonds. The molecule has 7 heteroatoms. The first-order chi connectivity index (χ1) is 13.2. The molecule has 28 heavy (non-hydrogen) atoms. The van der Waals surface area contributed by atoms with E-state index in [0.29, 0.717) is 12.0 Å². The number of likely N-dealkylation sites (tertiary alicyclic amines) is 1. The summed E-state index contributed by atoms with van der Waals surface area (Å²) >= 11 is 1.88. The van der Waals surface area contributed by atoms with Gasteiger partial charge in [-0.1, -0.05) is 6.07 Å². The van der Waals surface area contributed by atoms with E-state index in [9.17, 15) is 0 Å². The van der Waals surface area contributed by atoms with E-state index in [-0.39, 0.29) is 24.0 Å². The molecule has 0 spiro atoms. The molecule has 3 rings (SSSR count). The summed E-state index contributed by atoms with van der Waals surface area (Å²) in [7, 11) is 4.38. The zero-order valence-corrected chi connectivity index (χ0v) is 20.7. The van der Waals surface area contributed by atoms with E-state index < -0.39 is 0 Å². The molecule has 1 saturated heterocycles. The highest BCUT2D eigenvalue weighted by molar-refractivity contribution is 14.0. The minimum atomic E-state index is 0. The molecule has 1 aliphatic heterocycles. The van der Waals surface area contributed by atoms with Crippen LogP contribution in [-0.2, 0) is 4.74 Å². The summed E-state index contributed by atoms with van der Waals surface area (Å²) in [6.07, 6.45) is 5.21. The molecule has 1 N–H and O–H groups in total. The Morgan fingerprint density at radius 1 is 1.39 bits per heavy atom. The molecule has 2 unspecified atom stereocenters. The van der Waals surface area contributed by atoms with Crippen LogP contribution in [-0.4, -0.2) is 69.2 Å². The van der Waals surface area contributed by atoms with Gasteiger partial charge in [0.05, 0.1) is 6.61 Å². The lowest BCUT2D eigenvalue weighted by molar-refractivity contribution is 0.114. The fourth-order valence-corrected chi connectivity index (χ4v) is 4.86. The first-order valence-electron chi connectivity index (χ1n) is 10.5. The van der Waals surface area contributed by atoms with E-state index in [0.717, 1.165) is 44.7 Å². The van der Waals surface area contributed by atoms with Crippen LogP contribution in [0.5, 0.6) is 0 Å². The Balaban J connectivity index is 0.00000280. The number of likely N-dealkylation sites (N-methyl/N-ethyl adjacent to an activating group) is 1. The van der Waals surface area contributed by atoms with Crippen molar-refractivity contribution in [2.24, 2.45) is 16.8 Å². The highest BCUT2D eigenvalue weighted by Crippen LogP contribution is 2.37. The van der Waals surface area contributed by atoms with Crippen molar-refractivity contribution < 1.29 is 4.74 Å². The molecule has 0 radical (unpaired) electrons. The van der Waals surface area contributed by atoms with Crippen molar-refractivity contribution >= 4 is 41.3 Å². The van der Waals surface area contributed by atoms with Gasteiger partial charge in [0.1, 0.15) is 0 Å². The first-order valence-corrected chi connectivity index (χ1v) is 11.4. The monoisotopic (exact) mass is 520 g/mol. The van der Waals surface area contributed by atoms with Crippen molar-refractivity contribution in [1.29, 1.82) is 0 Å². The van der Waals surface area contributed by atoms with Gasteiger partial charge in [0, 0.05) is 44.2 Å². The zero-order chi connectivity index (χ0) is 19.1. The Morgan fingerprint density at radius 2 is 2.21 bits per heavy atom. The molecule has 160 valence electrons. The Labute approximate surface area is 191 Å². The number of halogens is 1. The largest absolute Gasteiger partial charge is 0.379 e. The van der Waals surface area contributed by atoms with E-state index in [4.69, 9.17) is 9.73 Å². The van der Waals surface area contributed by atoms with Gasteiger partial charge in [-0.25, -0.2) is 0 Å². The van der Waals surface area contributed by atoms with Gasteiger partial charge in [0.25, 0.3) is 0 Å². The molecule has 0 aromatic carbocycles. The quantitative estimate of drug-likeness (QED) is 0.231. The number of ether oxygens (including phenoxy) is 1. The molecule has 1 saturated carbocycles. The zero-order valence-electron chi connectivity index (χ0n) is 17.6. The number of hydrogen-bond acceptors (Lipinski definition) is 4. The molecule has 0 bridgehead atoms. The standard InChI is InChI=1S/C21H36N4OS.HI/c1-4-22-21(25(3)12-13-26-16-17-9-10-17)23-15-18-7-5-11-24(2)20(18)19-8-6-14-27-19;/h6,8,14,17-18,20H,4-5,7,9-13,15-16H2,1-3H3,(H,22,23);1H. The van der Waals surface area contributed by atoms with E-state index in [1.54, 1.807) is 0 Å². The Hall–Kier alpha value is -0.380.